The molecule has 8 heteroatoms. The van der Waals surface area contributed by atoms with Crippen molar-refractivity contribution >= 4 is 34.7 Å². The first-order chi connectivity index (χ1) is 10.8. The van der Waals surface area contributed by atoms with Gasteiger partial charge in [-0.25, -0.2) is 4.98 Å². The lowest BCUT2D eigenvalue weighted by Gasteiger charge is -2.23. The summed E-state index contributed by atoms with van der Waals surface area (Å²) in [6.07, 6.45) is 1.64. The maximum Gasteiger partial charge on any atom is 0.287 e. The van der Waals surface area contributed by atoms with Crippen molar-refractivity contribution in [1.29, 1.82) is 0 Å². The summed E-state index contributed by atoms with van der Waals surface area (Å²) in [5.74, 6) is 0.300. The van der Waals surface area contributed by atoms with E-state index in [9.17, 15) is 14.9 Å². The molecule has 0 bridgehead atoms. The lowest BCUT2D eigenvalue weighted by Crippen LogP contribution is -2.28. The van der Waals surface area contributed by atoms with Gasteiger partial charge in [0.15, 0.2) is 5.82 Å². The molecule has 0 saturated heterocycles. The molecule has 0 aliphatic rings. The van der Waals surface area contributed by atoms with Crippen LogP contribution in [0.25, 0.3) is 0 Å². The Morgan fingerprint density at radius 3 is 2.52 bits per heavy atom. The molecule has 1 aromatic heterocycles. The van der Waals surface area contributed by atoms with Gasteiger partial charge >= 0.3 is 0 Å². The van der Waals surface area contributed by atoms with Crippen LogP contribution in [0.15, 0.2) is 36.5 Å². The summed E-state index contributed by atoms with van der Waals surface area (Å²) < 4.78 is 0. The van der Waals surface area contributed by atoms with Crippen LogP contribution in [-0.4, -0.2) is 37.0 Å². The molecule has 0 saturated carbocycles. The average Bonchev–Trinajstić information content (AvgIpc) is 2.52. The summed E-state index contributed by atoms with van der Waals surface area (Å²) in [5.41, 5.74) is 0.648. The number of nitrogens with zero attached hydrogens (tertiary/aromatic N) is 4. The summed E-state index contributed by atoms with van der Waals surface area (Å²) in [5, 5.41) is 10.7. The minimum absolute atomic E-state index is 0.0757. The molecule has 2 rings (SSSR count). The Kier molecular flexibility index (Phi) is 4.80. The smallest absolute Gasteiger partial charge is 0.287 e. The molecular formula is C15H15ClN4O3. The molecule has 1 aromatic carbocycles. The highest BCUT2D eigenvalue weighted by molar-refractivity contribution is 6.33. The highest BCUT2D eigenvalue weighted by Crippen LogP contribution is 2.28. The molecule has 0 unspecified atom stereocenters. The number of nitro benzene ring substituents is 1. The Bertz CT molecular complexity index is 764. The number of nitro groups is 1. The predicted octanol–water partition coefficient (Wildman–Crippen LogP) is 2.99. The van der Waals surface area contributed by atoms with Gasteiger partial charge in [-0.3, -0.25) is 14.9 Å². The first-order valence-corrected chi connectivity index (χ1v) is 7.05. The summed E-state index contributed by atoms with van der Waals surface area (Å²) in [6, 6.07) is 7.40. The van der Waals surface area contributed by atoms with Crippen LogP contribution >= 0.6 is 11.6 Å². The maximum absolute atomic E-state index is 12.6. The third kappa shape index (κ3) is 3.40. The largest absolute Gasteiger partial charge is 0.361 e. The number of halogens is 1. The van der Waals surface area contributed by atoms with Gasteiger partial charge in [-0.1, -0.05) is 11.6 Å². The Balaban J connectivity index is 2.37. The van der Waals surface area contributed by atoms with E-state index in [0.717, 1.165) is 0 Å². The number of hydrogen-bond acceptors (Lipinski definition) is 5. The topological polar surface area (TPSA) is 79.6 Å². The van der Waals surface area contributed by atoms with Crippen LogP contribution in [0.4, 0.5) is 17.2 Å². The Hall–Kier alpha value is -2.67. The third-order valence-electron chi connectivity index (χ3n) is 3.25. The number of anilines is 2. The van der Waals surface area contributed by atoms with Crippen molar-refractivity contribution in [2.24, 2.45) is 0 Å². The standard InChI is InChI=1S/C15H15ClN4O3/c1-18(2)14-13(5-4-8-17-14)19(3)15(21)10-6-7-12(20(22)23)11(16)9-10/h4-9H,1-3H3. The zero-order valence-corrected chi connectivity index (χ0v) is 13.6. The highest BCUT2D eigenvalue weighted by Gasteiger charge is 2.20. The molecule has 2 aromatic rings. The van der Waals surface area contributed by atoms with E-state index in [0.29, 0.717) is 11.5 Å². The van der Waals surface area contributed by atoms with Gasteiger partial charge in [0, 0.05) is 39.0 Å². The molecule has 23 heavy (non-hydrogen) atoms. The van der Waals surface area contributed by atoms with Crippen molar-refractivity contribution in [3.8, 4) is 0 Å². The van der Waals surface area contributed by atoms with Crippen molar-refractivity contribution < 1.29 is 9.72 Å². The van der Waals surface area contributed by atoms with Crippen molar-refractivity contribution in [3.63, 3.8) is 0 Å². The fraction of sp³-hybridized carbons (Fsp3) is 0.200. The number of hydrogen-bond donors (Lipinski definition) is 0. The van der Waals surface area contributed by atoms with E-state index in [2.05, 4.69) is 4.98 Å². The van der Waals surface area contributed by atoms with E-state index in [1.165, 1.54) is 23.1 Å². The minimum atomic E-state index is -0.592. The lowest BCUT2D eigenvalue weighted by molar-refractivity contribution is -0.384. The van der Waals surface area contributed by atoms with Crippen molar-refractivity contribution in [3.05, 3.63) is 57.2 Å². The molecular weight excluding hydrogens is 320 g/mol. The van der Waals surface area contributed by atoms with E-state index >= 15 is 0 Å². The van der Waals surface area contributed by atoms with Crippen molar-refractivity contribution in [2.45, 2.75) is 0 Å². The quantitative estimate of drug-likeness (QED) is 0.634. The van der Waals surface area contributed by atoms with Gasteiger partial charge < -0.3 is 9.80 Å². The molecule has 7 nitrogen and oxygen atoms in total. The van der Waals surface area contributed by atoms with Gasteiger partial charge in [-0.2, -0.15) is 0 Å². The third-order valence-corrected chi connectivity index (χ3v) is 3.55. The van der Waals surface area contributed by atoms with Crippen LogP contribution in [-0.2, 0) is 0 Å². The van der Waals surface area contributed by atoms with Gasteiger partial charge in [0.2, 0.25) is 0 Å². The van der Waals surface area contributed by atoms with Gasteiger partial charge in [-0.15, -0.1) is 0 Å². The van der Waals surface area contributed by atoms with Crippen LogP contribution in [0.5, 0.6) is 0 Å². The van der Waals surface area contributed by atoms with Gasteiger partial charge in [0.1, 0.15) is 5.02 Å². The number of pyridine rings is 1. The molecule has 0 spiro atoms. The molecule has 0 fully saturated rings. The average molecular weight is 335 g/mol. The van der Waals surface area contributed by atoms with Gasteiger partial charge in [-0.05, 0) is 24.3 Å². The number of rotatable bonds is 4. The van der Waals surface area contributed by atoms with Crippen LogP contribution in [0.1, 0.15) is 10.4 Å². The first-order valence-electron chi connectivity index (χ1n) is 6.67. The fourth-order valence-electron chi connectivity index (χ4n) is 2.09. The lowest BCUT2D eigenvalue weighted by atomic mass is 10.1. The van der Waals surface area contributed by atoms with Gasteiger partial charge in [0.25, 0.3) is 11.6 Å². The highest BCUT2D eigenvalue weighted by atomic mass is 35.5. The molecule has 1 heterocycles. The second-order valence-electron chi connectivity index (χ2n) is 5.03. The van der Waals surface area contributed by atoms with Gasteiger partial charge in [0.05, 0.1) is 10.6 Å². The van der Waals surface area contributed by atoms with Crippen LogP contribution < -0.4 is 9.80 Å². The summed E-state index contributed by atoms with van der Waals surface area (Å²) in [4.78, 5) is 30.3. The Labute approximate surface area is 138 Å². The second kappa shape index (κ2) is 6.62. The molecule has 0 N–H and O–H groups in total. The monoisotopic (exact) mass is 334 g/mol. The molecule has 120 valence electrons. The van der Waals surface area contributed by atoms with Crippen molar-refractivity contribution in [2.75, 3.05) is 30.9 Å². The van der Waals surface area contributed by atoms with Crippen LogP contribution in [0.3, 0.4) is 0 Å². The van der Waals surface area contributed by atoms with Crippen molar-refractivity contribution in [1.82, 2.24) is 4.98 Å². The number of carbonyl (C=O) groups is 1. The zero-order valence-electron chi connectivity index (χ0n) is 12.9. The molecule has 1 amide bonds. The van der Waals surface area contributed by atoms with E-state index in [-0.39, 0.29) is 22.2 Å². The molecule has 0 atom stereocenters. The van der Waals surface area contributed by atoms with E-state index in [1.807, 2.05) is 14.1 Å². The van der Waals surface area contributed by atoms with E-state index < -0.39 is 4.92 Å². The second-order valence-corrected chi connectivity index (χ2v) is 5.44. The first kappa shape index (κ1) is 16.7. The number of benzene rings is 1. The number of aromatic nitrogens is 1. The number of carbonyl (C=O) groups excluding carboxylic acids is 1. The SMILES string of the molecule is CN(C)c1ncccc1N(C)C(=O)c1ccc([N+](=O)[O-])c(Cl)c1. The summed E-state index contributed by atoms with van der Waals surface area (Å²) >= 11 is 5.87. The van der Waals surface area contributed by atoms with Crippen LogP contribution in [0, 0.1) is 10.1 Å². The van der Waals surface area contributed by atoms with Crippen LogP contribution in [0.2, 0.25) is 5.02 Å². The predicted molar refractivity (Wildman–Crippen MR) is 89.4 cm³/mol. The normalized spacial score (nSPS) is 10.3. The minimum Gasteiger partial charge on any atom is -0.361 e. The Morgan fingerprint density at radius 1 is 1.26 bits per heavy atom. The molecule has 0 aliphatic carbocycles. The maximum atomic E-state index is 12.6. The molecule has 0 radical (unpaired) electrons. The molecule has 0 aliphatic heterocycles. The summed E-state index contributed by atoms with van der Waals surface area (Å²) in [6.45, 7) is 0. The zero-order chi connectivity index (χ0) is 17.1. The number of amides is 1. The summed E-state index contributed by atoms with van der Waals surface area (Å²) in [7, 11) is 5.27. The van der Waals surface area contributed by atoms with E-state index in [4.69, 9.17) is 11.6 Å². The fourth-order valence-corrected chi connectivity index (χ4v) is 2.34. The van der Waals surface area contributed by atoms with E-state index in [1.54, 1.807) is 30.3 Å². The Morgan fingerprint density at radius 2 is 1.96 bits per heavy atom.